The minimum absolute atomic E-state index is 0.0946. The Morgan fingerprint density at radius 3 is 3.00 bits per heavy atom. The van der Waals surface area contributed by atoms with E-state index in [2.05, 4.69) is 6.07 Å². The van der Waals surface area contributed by atoms with Crippen LogP contribution in [0.2, 0.25) is 0 Å². The summed E-state index contributed by atoms with van der Waals surface area (Å²) >= 11 is 1.74. The highest BCUT2D eigenvalue weighted by atomic mass is 32.2. The first-order chi connectivity index (χ1) is 7.79. The maximum Gasteiger partial charge on any atom is 0.259 e. The number of nitrogens with zero attached hydrogens (tertiary/aromatic N) is 1. The molecular weight excluding hydrogens is 218 g/mol. The molecule has 1 aliphatic rings. The van der Waals surface area contributed by atoms with Crippen molar-refractivity contribution in [3.8, 4) is 0 Å². The van der Waals surface area contributed by atoms with Crippen LogP contribution in [0, 0.1) is 0 Å². The first-order valence-corrected chi connectivity index (χ1v) is 6.18. The lowest BCUT2D eigenvalue weighted by molar-refractivity contribution is 0.893. The lowest BCUT2D eigenvalue weighted by Gasteiger charge is -2.15. The summed E-state index contributed by atoms with van der Waals surface area (Å²) in [5.41, 5.74) is 1.93. The van der Waals surface area contributed by atoms with Gasteiger partial charge in [0.05, 0.1) is 11.1 Å². The summed E-state index contributed by atoms with van der Waals surface area (Å²) < 4.78 is 1.73. The van der Waals surface area contributed by atoms with Crippen molar-refractivity contribution in [1.82, 2.24) is 4.57 Å². The number of hydrogen-bond acceptors (Lipinski definition) is 2. The Balaban J connectivity index is 2.57. The number of para-hydroxylation sites is 1. The van der Waals surface area contributed by atoms with Gasteiger partial charge in [0.15, 0.2) is 0 Å². The summed E-state index contributed by atoms with van der Waals surface area (Å²) in [7, 11) is 1.83. The molecule has 0 radical (unpaired) electrons. The average Bonchev–Trinajstić information content (AvgIpc) is 2.36. The fourth-order valence-electron chi connectivity index (χ4n) is 2.09. The number of aryl methyl sites for hydroxylation is 1. The van der Waals surface area contributed by atoms with E-state index < -0.39 is 0 Å². The van der Waals surface area contributed by atoms with Crippen molar-refractivity contribution in [2.45, 2.75) is 4.90 Å². The van der Waals surface area contributed by atoms with Gasteiger partial charge in [0.2, 0.25) is 0 Å². The van der Waals surface area contributed by atoms with E-state index >= 15 is 0 Å². The third kappa shape index (κ3) is 1.25. The fraction of sp³-hybridized carbons (Fsp3) is 0.154. The number of hydrogen-bond donors (Lipinski definition) is 0. The highest BCUT2D eigenvalue weighted by Gasteiger charge is 2.14. The molecule has 0 bridgehead atoms. The van der Waals surface area contributed by atoms with Gasteiger partial charge in [-0.1, -0.05) is 30.4 Å². The van der Waals surface area contributed by atoms with E-state index in [1.807, 2.05) is 37.4 Å². The molecule has 0 saturated heterocycles. The first-order valence-electron chi connectivity index (χ1n) is 5.20. The number of aromatic nitrogens is 1. The second-order valence-electron chi connectivity index (χ2n) is 3.84. The zero-order chi connectivity index (χ0) is 11.1. The molecule has 1 aromatic heterocycles. The Bertz CT molecular complexity index is 655. The lowest BCUT2D eigenvalue weighted by Crippen LogP contribution is -2.21. The van der Waals surface area contributed by atoms with Crippen molar-refractivity contribution in [1.29, 1.82) is 0 Å². The van der Waals surface area contributed by atoms with E-state index in [1.165, 1.54) is 5.39 Å². The number of thioether (sulfide) groups is 1. The molecule has 0 saturated carbocycles. The van der Waals surface area contributed by atoms with Crippen LogP contribution < -0.4 is 5.56 Å². The van der Waals surface area contributed by atoms with Gasteiger partial charge in [-0.05, 0) is 6.07 Å². The van der Waals surface area contributed by atoms with Crippen molar-refractivity contribution >= 4 is 28.7 Å². The van der Waals surface area contributed by atoms with Crippen molar-refractivity contribution in [3.05, 3.63) is 46.3 Å². The van der Waals surface area contributed by atoms with Crippen LogP contribution in [0.5, 0.6) is 0 Å². The average molecular weight is 229 g/mol. The summed E-state index contributed by atoms with van der Waals surface area (Å²) in [6, 6.07) is 8.07. The van der Waals surface area contributed by atoms with Crippen LogP contribution in [0.15, 0.2) is 40.0 Å². The van der Waals surface area contributed by atoms with Gasteiger partial charge in [0.1, 0.15) is 0 Å². The van der Waals surface area contributed by atoms with Crippen molar-refractivity contribution in [2.24, 2.45) is 7.05 Å². The smallest absolute Gasteiger partial charge is 0.259 e. The summed E-state index contributed by atoms with van der Waals surface area (Å²) in [5.74, 6) is 0.949. The van der Waals surface area contributed by atoms with Gasteiger partial charge in [-0.15, -0.1) is 11.8 Å². The molecular formula is C13H11NOS. The van der Waals surface area contributed by atoms with E-state index in [0.29, 0.717) is 0 Å². The predicted molar refractivity (Wildman–Crippen MR) is 68.9 cm³/mol. The zero-order valence-electron chi connectivity index (χ0n) is 8.93. The summed E-state index contributed by atoms with van der Waals surface area (Å²) in [4.78, 5) is 13.3. The standard InChI is InChI=1S/C13H11NOS/c1-14-11-7-3-2-5-9(11)12-10(13(14)15)6-4-8-16-12/h2-7H,8H2,1H3. The third-order valence-corrected chi connectivity index (χ3v) is 3.99. The second kappa shape index (κ2) is 3.52. The summed E-state index contributed by atoms with van der Waals surface area (Å²) in [6.07, 6.45) is 3.99. The Labute approximate surface area is 97.6 Å². The van der Waals surface area contributed by atoms with Crippen molar-refractivity contribution in [3.63, 3.8) is 0 Å². The number of fused-ring (bicyclic) bond motifs is 3. The van der Waals surface area contributed by atoms with E-state index in [-0.39, 0.29) is 5.56 Å². The third-order valence-electron chi connectivity index (χ3n) is 2.90. The molecule has 1 aromatic carbocycles. The van der Waals surface area contributed by atoms with Crippen LogP contribution in [-0.2, 0) is 7.05 Å². The zero-order valence-corrected chi connectivity index (χ0v) is 9.75. The van der Waals surface area contributed by atoms with Gasteiger partial charge >= 0.3 is 0 Å². The molecule has 1 aliphatic heterocycles. The maximum atomic E-state index is 12.1. The van der Waals surface area contributed by atoms with Crippen LogP contribution >= 0.6 is 11.8 Å². The summed E-state index contributed by atoms with van der Waals surface area (Å²) in [6.45, 7) is 0. The van der Waals surface area contributed by atoms with Gasteiger partial charge in [0.25, 0.3) is 5.56 Å². The molecule has 0 fully saturated rings. The monoisotopic (exact) mass is 229 g/mol. The lowest BCUT2D eigenvalue weighted by atomic mass is 10.1. The molecule has 2 aromatic rings. The fourth-order valence-corrected chi connectivity index (χ4v) is 3.09. The molecule has 0 aliphatic carbocycles. The maximum absolute atomic E-state index is 12.1. The van der Waals surface area contributed by atoms with Gasteiger partial charge in [-0.2, -0.15) is 0 Å². The predicted octanol–water partition coefficient (Wildman–Crippen LogP) is 2.66. The van der Waals surface area contributed by atoms with E-state index in [1.54, 1.807) is 16.3 Å². The number of rotatable bonds is 0. The molecule has 0 spiro atoms. The van der Waals surface area contributed by atoms with E-state index in [9.17, 15) is 4.79 Å². The van der Waals surface area contributed by atoms with E-state index in [4.69, 9.17) is 0 Å². The van der Waals surface area contributed by atoms with Gasteiger partial charge in [-0.25, -0.2) is 0 Å². The SMILES string of the molecule is Cn1c(=O)c2c(c3ccccc31)SCC=C2. The largest absolute Gasteiger partial charge is 0.311 e. The molecule has 2 nitrogen and oxygen atoms in total. The Hall–Kier alpha value is -1.48. The quantitative estimate of drug-likeness (QED) is 0.693. The molecule has 3 rings (SSSR count). The normalized spacial score (nSPS) is 14.1. The molecule has 0 amide bonds. The topological polar surface area (TPSA) is 22.0 Å². The van der Waals surface area contributed by atoms with Crippen molar-refractivity contribution in [2.75, 3.05) is 5.75 Å². The Kier molecular flexibility index (Phi) is 2.14. The number of benzene rings is 1. The van der Waals surface area contributed by atoms with Crippen LogP contribution in [0.1, 0.15) is 5.56 Å². The molecule has 16 heavy (non-hydrogen) atoms. The van der Waals surface area contributed by atoms with Gasteiger partial charge < -0.3 is 4.57 Å². The minimum Gasteiger partial charge on any atom is -0.311 e. The van der Waals surface area contributed by atoms with E-state index in [0.717, 1.165) is 21.7 Å². The van der Waals surface area contributed by atoms with Crippen LogP contribution in [0.3, 0.4) is 0 Å². The Morgan fingerprint density at radius 1 is 1.31 bits per heavy atom. The minimum atomic E-state index is 0.0946. The van der Waals surface area contributed by atoms with Gasteiger partial charge in [0, 0.05) is 23.1 Å². The number of pyridine rings is 1. The first kappa shape index (κ1) is 9.73. The van der Waals surface area contributed by atoms with Gasteiger partial charge in [-0.3, -0.25) is 4.79 Å². The Morgan fingerprint density at radius 2 is 2.12 bits per heavy atom. The summed E-state index contributed by atoms with van der Waals surface area (Å²) in [5, 5.41) is 1.17. The highest BCUT2D eigenvalue weighted by molar-refractivity contribution is 7.99. The molecule has 0 atom stereocenters. The molecule has 2 heterocycles. The van der Waals surface area contributed by atoms with Crippen LogP contribution in [0.25, 0.3) is 17.0 Å². The highest BCUT2D eigenvalue weighted by Crippen LogP contribution is 2.32. The molecule has 0 N–H and O–H groups in total. The molecule has 80 valence electrons. The molecule has 3 heteroatoms. The van der Waals surface area contributed by atoms with Crippen LogP contribution in [-0.4, -0.2) is 10.3 Å². The second-order valence-corrected chi connectivity index (χ2v) is 4.87. The van der Waals surface area contributed by atoms with Crippen molar-refractivity contribution < 1.29 is 0 Å². The van der Waals surface area contributed by atoms with Crippen LogP contribution in [0.4, 0.5) is 0 Å². The molecule has 0 unspecified atom stereocenters.